The minimum Gasteiger partial charge on any atom is -0.339 e. The summed E-state index contributed by atoms with van der Waals surface area (Å²) in [7, 11) is 1.55. The number of carbonyl (C=O) groups excluding carboxylic acids is 1. The van der Waals surface area contributed by atoms with Crippen LogP contribution in [0.4, 0.5) is 4.79 Å². The number of carbonyl (C=O) groups is 1. The van der Waals surface area contributed by atoms with E-state index < -0.39 is 0 Å². The van der Waals surface area contributed by atoms with Gasteiger partial charge in [-0.25, -0.2) is 4.79 Å². The fourth-order valence-corrected chi connectivity index (χ4v) is 1.46. The Morgan fingerprint density at radius 3 is 2.76 bits per heavy atom. The van der Waals surface area contributed by atoms with E-state index in [2.05, 4.69) is 20.5 Å². The molecular weight excluding hydrogens is 216 g/mol. The van der Waals surface area contributed by atoms with E-state index in [1.165, 1.54) is 0 Å². The van der Waals surface area contributed by atoms with E-state index in [9.17, 15) is 4.79 Å². The van der Waals surface area contributed by atoms with Gasteiger partial charge in [0, 0.05) is 19.2 Å². The van der Waals surface area contributed by atoms with Gasteiger partial charge >= 0.3 is 6.03 Å². The zero-order valence-electron chi connectivity index (χ0n) is 9.37. The van der Waals surface area contributed by atoms with Gasteiger partial charge in [-0.1, -0.05) is 12.2 Å². The molecule has 0 aliphatic heterocycles. The van der Waals surface area contributed by atoms with Crippen molar-refractivity contribution in [2.24, 2.45) is 4.99 Å². The first-order valence-corrected chi connectivity index (χ1v) is 5.24. The Labute approximate surface area is 99.0 Å². The van der Waals surface area contributed by atoms with Crippen molar-refractivity contribution in [3.63, 3.8) is 0 Å². The maximum absolute atomic E-state index is 11.0. The van der Waals surface area contributed by atoms with Gasteiger partial charge in [-0.3, -0.25) is 0 Å². The number of aliphatic imine (C=N–C) groups is 1. The lowest BCUT2D eigenvalue weighted by molar-refractivity contribution is 0.251. The highest BCUT2D eigenvalue weighted by atomic mass is 16.2. The van der Waals surface area contributed by atoms with E-state index in [0.717, 1.165) is 5.69 Å². The Balaban J connectivity index is 2.11. The molecule has 1 aliphatic rings. The summed E-state index contributed by atoms with van der Waals surface area (Å²) in [6.07, 6.45) is 9.11. The largest absolute Gasteiger partial charge is 0.341 e. The second-order valence-electron chi connectivity index (χ2n) is 3.48. The van der Waals surface area contributed by atoms with Crippen molar-refractivity contribution in [3.05, 3.63) is 48.3 Å². The molecular formula is C12H12N4O. The highest BCUT2D eigenvalue weighted by Gasteiger charge is 2.10. The van der Waals surface area contributed by atoms with Gasteiger partial charge in [-0.05, 0) is 24.3 Å². The van der Waals surface area contributed by atoms with Crippen LogP contribution in [0, 0.1) is 0 Å². The third kappa shape index (κ3) is 2.84. The van der Waals surface area contributed by atoms with E-state index in [1.807, 2.05) is 24.3 Å². The molecule has 1 heterocycles. The number of amides is 2. The molecule has 0 radical (unpaired) electrons. The van der Waals surface area contributed by atoms with Crippen LogP contribution in [-0.2, 0) is 0 Å². The van der Waals surface area contributed by atoms with Crippen LogP contribution < -0.4 is 5.32 Å². The number of nitrogens with zero attached hydrogens (tertiary/aromatic N) is 3. The van der Waals surface area contributed by atoms with E-state index in [4.69, 9.17) is 0 Å². The Morgan fingerprint density at radius 2 is 2.18 bits per heavy atom. The first kappa shape index (κ1) is 11.2. The molecule has 86 valence electrons. The Hall–Kier alpha value is -2.30. The molecule has 0 atom stereocenters. The number of allylic oxidation sites excluding steroid dienone is 4. The van der Waals surface area contributed by atoms with Crippen LogP contribution in [-0.4, -0.2) is 29.0 Å². The number of nitrogens with one attached hydrogen (secondary N) is 1. The van der Waals surface area contributed by atoms with Crippen LogP contribution in [0.3, 0.4) is 0 Å². The van der Waals surface area contributed by atoms with Gasteiger partial charge in [-0.15, -0.1) is 0 Å². The second-order valence-corrected chi connectivity index (χ2v) is 3.48. The standard InChI is InChI=1S/C12H12N4O/c1-13-12(17)15-10-6-4-9(5-7-10)11-3-2-8-14-16-11/h2-9H,1H3,(H,13,17). The molecule has 0 bridgehead atoms. The Morgan fingerprint density at radius 1 is 1.41 bits per heavy atom. The van der Waals surface area contributed by atoms with E-state index >= 15 is 0 Å². The first-order valence-electron chi connectivity index (χ1n) is 5.24. The van der Waals surface area contributed by atoms with Crippen molar-refractivity contribution in [3.8, 4) is 0 Å². The normalized spacial score (nSPS) is 17.9. The van der Waals surface area contributed by atoms with Crippen LogP contribution in [0.25, 0.3) is 0 Å². The molecule has 1 N–H and O–H groups in total. The molecule has 5 nitrogen and oxygen atoms in total. The van der Waals surface area contributed by atoms with Gasteiger partial charge < -0.3 is 5.32 Å². The molecule has 1 aromatic heterocycles. The molecule has 0 saturated carbocycles. The van der Waals surface area contributed by atoms with Crippen molar-refractivity contribution in [1.82, 2.24) is 15.5 Å². The van der Waals surface area contributed by atoms with Gasteiger partial charge in [-0.2, -0.15) is 15.2 Å². The molecule has 1 aliphatic carbocycles. The van der Waals surface area contributed by atoms with Crippen molar-refractivity contribution in [1.29, 1.82) is 0 Å². The summed E-state index contributed by atoms with van der Waals surface area (Å²) in [5.41, 5.74) is 1.50. The molecule has 2 amide bonds. The topological polar surface area (TPSA) is 67.2 Å². The predicted molar refractivity (Wildman–Crippen MR) is 64.9 cm³/mol. The maximum atomic E-state index is 11.0. The monoisotopic (exact) mass is 228 g/mol. The number of urea groups is 1. The molecule has 0 fully saturated rings. The third-order valence-electron chi connectivity index (χ3n) is 2.33. The summed E-state index contributed by atoms with van der Waals surface area (Å²) >= 11 is 0. The van der Waals surface area contributed by atoms with Gasteiger partial charge in [0.2, 0.25) is 0 Å². The maximum Gasteiger partial charge on any atom is 0.341 e. The van der Waals surface area contributed by atoms with Crippen LogP contribution in [0.5, 0.6) is 0 Å². The van der Waals surface area contributed by atoms with E-state index in [-0.39, 0.29) is 11.9 Å². The quantitative estimate of drug-likeness (QED) is 0.791. The summed E-state index contributed by atoms with van der Waals surface area (Å²) in [6.45, 7) is 0. The zero-order valence-corrected chi connectivity index (χ0v) is 9.37. The number of rotatable bonds is 1. The minimum atomic E-state index is -0.354. The lowest BCUT2D eigenvalue weighted by Crippen LogP contribution is -2.15. The van der Waals surface area contributed by atoms with Crippen molar-refractivity contribution in [2.75, 3.05) is 7.05 Å². The average molecular weight is 228 g/mol. The van der Waals surface area contributed by atoms with Gasteiger partial charge in [0.05, 0.1) is 11.4 Å². The smallest absolute Gasteiger partial charge is 0.339 e. The minimum absolute atomic E-state index is 0.0901. The number of hydrogen-bond donors (Lipinski definition) is 1. The fraction of sp³-hybridized carbons (Fsp3) is 0.167. The summed E-state index contributed by atoms with van der Waals surface area (Å²) in [4.78, 5) is 14.9. The van der Waals surface area contributed by atoms with Crippen LogP contribution in [0.1, 0.15) is 11.6 Å². The molecule has 0 saturated heterocycles. The Bertz CT molecular complexity index is 474. The van der Waals surface area contributed by atoms with Crippen LogP contribution in [0.2, 0.25) is 0 Å². The lowest BCUT2D eigenvalue weighted by Gasteiger charge is -2.09. The third-order valence-corrected chi connectivity index (χ3v) is 2.33. The van der Waals surface area contributed by atoms with Crippen molar-refractivity contribution in [2.45, 2.75) is 5.92 Å². The Kier molecular flexibility index (Phi) is 3.40. The first-order chi connectivity index (χ1) is 8.29. The van der Waals surface area contributed by atoms with Crippen LogP contribution >= 0.6 is 0 Å². The predicted octanol–water partition coefficient (Wildman–Crippen LogP) is 1.47. The zero-order chi connectivity index (χ0) is 12.1. The summed E-state index contributed by atoms with van der Waals surface area (Å²) in [6, 6.07) is 3.40. The van der Waals surface area contributed by atoms with Crippen molar-refractivity contribution < 1.29 is 4.79 Å². The number of aromatic nitrogens is 2. The van der Waals surface area contributed by atoms with E-state index in [1.54, 1.807) is 25.4 Å². The van der Waals surface area contributed by atoms with Crippen molar-refractivity contribution >= 4 is 11.7 Å². The molecule has 0 unspecified atom stereocenters. The lowest BCUT2D eigenvalue weighted by atomic mass is 9.99. The summed E-state index contributed by atoms with van der Waals surface area (Å²) < 4.78 is 0. The van der Waals surface area contributed by atoms with Gasteiger partial charge in [0.25, 0.3) is 0 Å². The average Bonchev–Trinajstić information content (AvgIpc) is 2.40. The van der Waals surface area contributed by atoms with E-state index in [0.29, 0.717) is 5.71 Å². The molecule has 0 aromatic carbocycles. The SMILES string of the molecule is CNC(=O)N=C1C=CC(c2cccnn2)C=C1. The van der Waals surface area contributed by atoms with Gasteiger partial charge in [0.15, 0.2) is 0 Å². The highest BCUT2D eigenvalue weighted by Crippen LogP contribution is 2.18. The summed E-state index contributed by atoms with van der Waals surface area (Å²) in [5.74, 6) is 0.0901. The number of hydrogen-bond acceptors (Lipinski definition) is 3. The van der Waals surface area contributed by atoms with Crippen LogP contribution in [0.15, 0.2) is 47.6 Å². The molecule has 1 aromatic rings. The highest BCUT2D eigenvalue weighted by molar-refractivity contribution is 6.09. The molecule has 5 heteroatoms. The summed E-state index contributed by atoms with van der Waals surface area (Å²) in [5, 5.41) is 10.3. The fourth-order valence-electron chi connectivity index (χ4n) is 1.46. The second kappa shape index (κ2) is 5.16. The molecule has 0 spiro atoms. The molecule has 2 rings (SSSR count). The molecule has 17 heavy (non-hydrogen) atoms. The van der Waals surface area contributed by atoms with Gasteiger partial charge in [0.1, 0.15) is 0 Å².